The summed E-state index contributed by atoms with van der Waals surface area (Å²) in [5.74, 6) is -0.946. The largest absolute Gasteiger partial charge is 0.481 e. The topological polar surface area (TPSA) is 66.8 Å². The van der Waals surface area contributed by atoms with Gasteiger partial charge >= 0.3 is 5.97 Å². The predicted octanol–water partition coefficient (Wildman–Crippen LogP) is 2.30. The van der Waals surface area contributed by atoms with Gasteiger partial charge in [0.2, 0.25) is 5.91 Å². The molecule has 0 spiro atoms. The number of rotatable bonds is 9. The number of hydrogen-bond donors (Lipinski definition) is 1. The van der Waals surface area contributed by atoms with E-state index in [0.29, 0.717) is 19.6 Å². The van der Waals surface area contributed by atoms with Gasteiger partial charge in [-0.15, -0.1) is 0 Å². The fourth-order valence-electron chi connectivity index (χ4n) is 1.98. The van der Waals surface area contributed by atoms with Gasteiger partial charge in [0.05, 0.1) is 6.61 Å². The third-order valence-electron chi connectivity index (χ3n) is 3.07. The number of carbonyl (C=O) groups excluding carboxylic acids is 1. The van der Waals surface area contributed by atoms with Crippen LogP contribution in [0.4, 0.5) is 0 Å². The quantitative estimate of drug-likeness (QED) is 0.758. The van der Waals surface area contributed by atoms with Gasteiger partial charge in [-0.05, 0) is 25.8 Å². The van der Waals surface area contributed by atoms with E-state index in [0.717, 1.165) is 5.56 Å². The van der Waals surface area contributed by atoms with Crippen LogP contribution in [-0.2, 0) is 20.9 Å². The molecular formula is C16H23NO4. The first kappa shape index (κ1) is 17.2. The third kappa shape index (κ3) is 6.90. The zero-order valence-electron chi connectivity index (χ0n) is 12.6. The van der Waals surface area contributed by atoms with E-state index >= 15 is 0 Å². The Balaban J connectivity index is 2.36. The standard InChI is InChI=1S/C16H23NO4/c1-13(2)17(10-6-9-16(19)20)15(18)12-21-11-14-7-4-3-5-8-14/h3-5,7-8,13H,6,9-12H2,1-2H3,(H,19,20). The van der Waals surface area contributed by atoms with Gasteiger partial charge in [0.1, 0.15) is 6.61 Å². The SMILES string of the molecule is CC(C)N(CCCC(=O)O)C(=O)COCc1ccccc1. The highest BCUT2D eigenvalue weighted by atomic mass is 16.5. The number of carboxylic acid groups (broad SMARTS) is 1. The van der Waals surface area contributed by atoms with E-state index in [1.807, 2.05) is 44.2 Å². The highest BCUT2D eigenvalue weighted by molar-refractivity contribution is 5.77. The normalized spacial score (nSPS) is 10.6. The van der Waals surface area contributed by atoms with Gasteiger partial charge < -0.3 is 14.7 Å². The van der Waals surface area contributed by atoms with E-state index in [2.05, 4.69) is 0 Å². The van der Waals surface area contributed by atoms with Crippen LogP contribution in [0.2, 0.25) is 0 Å². The molecular weight excluding hydrogens is 270 g/mol. The summed E-state index contributed by atoms with van der Waals surface area (Å²) in [5.41, 5.74) is 1.02. The van der Waals surface area contributed by atoms with Crippen LogP contribution in [0, 0.1) is 0 Å². The van der Waals surface area contributed by atoms with Crippen molar-refractivity contribution in [2.75, 3.05) is 13.2 Å². The van der Waals surface area contributed by atoms with E-state index in [4.69, 9.17) is 9.84 Å². The van der Waals surface area contributed by atoms with E-state index in [-0.39, 0.29) is 25.0 Å². The number of benzene rings is 1. The second-order valence-corrected chi connectivity index (χ2v) is 5.16. The summed E-state index contributed by atoms with van der Waals surface area (Å²) in [7, 11) is 0. The van der Waals surface area contributed by atoms with Gasteiger partial charge in [0.15, 0.2) is 0 Å². The summed E-state index contributed by atoms with van der Waals surface area (Å²) in [6.07, 6.45) is 0.527. The average Bonchev–Trinajstić information content (AvgIpc) is 2.44. The maximum Gasteiger partial charge on any atom is 0.303 e. The average molecular weight is 293 g/mol. The molecule has 0 bridgehead atoms. The van der Waals surface area contributed by atoms with E-state index in [9.17, 15) is 9.59 Å². The number of hydrogen-bond acceptors (Lipinski definition) is 3. The van der Waals surface area contributed by atoms with Crippen LogP contribution in [0.3, 0.4) is 0 Å². The molecule has 0 aliphatic carbocycles. The minimum atomic E-state index is -0.841. The molecule has 0 unspecified atom stereocenters. The van der Waals surface area contributed by atoms with Crippen molar-refractivity contribution in [3.63, 3.8) is 0 Å². The zero-order valence-corrected chi connectivity index (χ0v) is 12.6. The van der Waals surface area contributed by atoms with Gasteiger partial charge in [-0.25, -0.2) is 0 Å². The van der Waals surface area contributed by atoms with Gasteiger partial charge in [-0.1, -0.05) is 30.3 Å². The predicted molar refractivity (Wildman–Crippen MR) is 79.8 cm³/mol. The van der Waals surface area contributed by atoms with Gasteiger partial charge in [-0.3, -0.25) is 9.59 Å². The van der Waals surface area contributed by atoms with Crippen LogP contribution in [0.5, 0.6) is 0 Å². The number of ether oxygens (including phenoxy) is 1. The Morgan fingerprint density at radius 1 is 1.24 bits per heavy atom. The van der Waals surface area contributed by atoms with Crippen molar-refractivity contribution in [2.45, 2.75) is 39.3 Å². The van der Waals surface area contributed by atoms with Crippen molar-refractivity contribution in [2.24, 2.45) is 0 Å². The summed E-state index contributed by atoms with van der Waals surface area (Å²) < 4.78 is 5.43. The van der Waals surface area contributed by atoms with Crippen molar-refractivity contribution in [3.8, 4) is 0 Å². The third-order valence-corrected chi connectivity index (χ3v) is 3.07. The van der Waals surface area contributed by atoms with Crippen molar-refractivity contribution >= 4 is 11.9 Å². The summed E-state index contributed by atoms with van der Waals surface area (Å²) in [5, 5.41) is 8.64. The minimum absolute atomic E-state index is 0.0140. The molecule has 5 nitrogen and oxygen atoms in total. The molecule has 0 aromatic heterocycles. The molecule has 0 radical (unpaired) electrons. The molecule has 1 aromatic carbocycles. The smallest absolute Gasteiger partial charge is 0.303 e. The molecule has 0 heterocycles. The van der Waals surface area contributed by atoms with Crippen LogP contribution in [0.15, 0.2) is 30.3 Å². The number of aliphatic carboxylic acids is 1. The number of carboxylic acids is 1. The molecule has 1 aromatic rings. The van der Waals surface area contributed by atoms with Crippen molar-refractivity contribution in [3.05, 3.63) is 35.9 Å². The Kier molecular flexibility index (Phi) is 7.46. The Morgan fingerprint density at radius 2 is 1.90 bits per heavy atom. The Labute approximate surface area is 125 Å². The van der Waals surface area contributed by atoms with Gasteiger partial charge in [0.25, 0.3) is 0 Å². The molecule has 1 rings (SSSR count). The minimum Gasteiger partial charge on any atom is -0.481 e. The van der Waals surface area contributed by atoms with Crippen LogP contribution >= 0.6 is 0 Å². The molecule has 0 atom stereocenters. The lowest BCUT2D eigenvalue weighted by Gasteiger charge is -2.26. The van der Waals surface area contributed by atoms with Gasteiger partial charge in [0, 0.05) is 19.0 Å². The maximum absolute atomic E-state index is 12.1. The van der Waals surface area contributed by atoms with E-state index in [1.165, 1.54) is 0 Å². The zero-order chi connectivity index (χ0) is 15.7. The van der Waals surface area contributed by atoms with Crippen molar-refractivity contribution in [1.29, 1.82) is 0 Å². The Bertz CT molecular complexity index is 445. The number of nitrogens with zero attached hydrogens (tertiary/aromatic N) is 1. The summed E-state index contributed by atoms with van der Waals surface area (Å²) in [6.45, 7) is 4.68. The molecule has 1 N–H and O–H groups in total. The Morgan fingerprint density at radius 3 is 2.48 bits per heavy atom. The number of carbonyl (C=O) groups is 2. The lowest BCUT2D eigenvalue weighted by molar-refractivity contribution is -0.140. The van der Waals surface area contributed by atoms with E-state index in [1.54, 1.807) is 4.90 Å². The fourth-order valence-corrected chi connectivity index (χ4v) is 1.98. The monoisotopic (exact) mass is 293 g/mol. The van der Waals surface area contributed by atoms with Crippen LogP contribution in [0.1, 0.15) is 32.3 Å². The molecule has 0 fully saturated rings. The number of amides is 1. The van der Waals surface area contributed by atoms with Crippen LogP contribution in [-0.4, -0.2) is 41.1 Å². The lowest BCUT2D eigenvalue weighted by Crippen LogP contribution is -2.40. The molecule has 5 heteroatoms. The second kappa shape index (κ2) is 9.13. The van der Waals surface area contributed by atoms with Gasteiger partial charge in [-0.2, -0.15) is 0 Å². The molecule has 0 saturated carbocycles. The summed E-state index contributed by atoms with van der Waals surface area (Å²) >= 11 is 0. The maximum atomic E-state index is 12.1. The molecule has 116 valence electrons. The van der Waals surface area contributed by atoms with Crippen LogP contribution < -0.4 is 0 Å². The van der Waals surface area contributed by atoms with Crippen LogP contribution in [0.25, 0.3) is 0 Å². The summed E-state index contributed by atoms with van der Waals surface area (Å²) in [4.78, 5) is 24.3. The van der Waals surface area contributed by atoms with Crippen molar-refractivity contribution < 1.29 is 19.4 Å². The molecule has 0 aliphatic heterocycles. The highest BCUT2D eigenvalue weighted by Gasteiger charge is 2.17. The molecule has 0 aliphatic rings. The first-order valence-electron chi connectivity index (χ1n) is 7.13. The molecule has 21 heavy (non-hydrogen) atoms. The molecule has 1 amide bonds. The lowest BCUT2D eigenvalue weighted by atomic mass is 10.2. The first-order chi connectivity index (χ1) is 10.0. The van der Waals surface area contributed by atoms with E-state index < -0.39 is 5.97 Å². The molecule has 0 saturated heterocycles. The fraction of sp³-hybridized carbons (Fsp3) is 0.500. The second-order valence-electron chi connectivity index (χ2n) is 5.16. The Hall–Kier alpha value is -1.88. The van der Waals surface area contributed by atoms with Crippen molar-refractivity contribution in [1.82, 2.24) is 4.90 Å². The highest BCUT2D eigenvalue weighted by Crippen LogP contribution is 2.05. The summed E-state index contributed by atoms with van der Waals surface area (Å²) in [6, 6.07) is 9.69. The first-order valence-corrected chi connectivity index (χ1v) is 7.13.